The van der Waals surface area contributed by atoms with E-state index < -0.39 is 11.7 Å². The topological polar surface area (TPSA) is 12.0 Å². The van der Waals surface area contributed by atoms with E-state index in [9.17, 15) is 13.2 Å². The van der Waals surface area contributed by atoms with Crippen LogP contribution in [-0.4, -0.2) is 6.54 Å². The van der Waals surface area contributed by atoms with E-state index in [2.05, 4.69) is 18.3 Å². The Labute approximate surface area is 126 Å². The van der Waals surface area contributed by atoms with E-state index >= 15 is 0 Å². The second kappa shape index (κ2) is 6.62. The molecule has 0 aliphatic heterocycles. The van der Waals surface area contributed by atoms with Crippen LogP contribution in [0.1, 0.15) is 34.5 Å². The summed E-state index contributed by atoms with van der Waals surface area (Å²) >= 11 is 1.69. The highest BCUT2D eigenvalue weighted by molar-refractivity contribution is 7.10. The van der Waals surface area contributed by atoms with Gasteiger partial charge >= 0.3 is 6.18 Å². The lowest BCUT2D eigenvalue weighted by atomic mass is 9.98. The van der Waals surface area contributed by atoms with Gasteiger partial charge in [-0.1, -0.05) is 19.1 Å². The van der Waals surface area contributed by atoms with Crippen LogP contribution in [0.25, 0.3) is 0 Å². The van der Waals surface area contributed by atoms with Crippen molar-refractivity contribution >= 4 is 11.3 Å². The van der Waals surface area contributed by atoms with Crippen LogP contribution in [0.3, 0.4) is 0 Å². The summed E-state index contributed by atoms with van der Waals surface area (Å²) in [6.07, 6.45) is -3.59. The lowest BCUT2D eigenvalue weighted by molar-refractivity contribution is -0.137. The lowest BCUT2D eigenvalue weighted by Crippen LogP contribution is -2.23. The first-order valence-corrected chi connectivity index (χ1v) is 7.73. The van der Waals surface area contributed by atoms with Gasteiger partial charge in [0.05, 0.1) is 5.56 Å². The van der Waals surface area contributed by atoms with Crippen molar-refractivity contribution in [2.24, 2.45) is 0 Å². The van der Waals surface area contributed by atoms with Gasteiger partial charge in [-0.05, 0) is 54.6 Å². The molecule has 0 radical (unpaired) electrons. The van der Waals surface area contributed by atoms with Gasteiger partial charge in [-0.2, -0.15) is 13.2 Å². The van der Waals surface area contributed by atoms with Gasteiger partial charge in [-0.15, -0.1) is 11.3 Å². The normalized spacial score (nSPS) is 13.4. The van der Waals surface area contributed by atoms with E-state index in [4.69, 9.17) is 0 Å². The number of likely N-dealkylation sites (N-methyl/N-ethyl adjacent to an activating group) is 1. The maximum Gasteiger partial charge on any atom is 0.416 e. The fourth-order valence-corrected chi connectivity index (χ4v) is 3.13. The van der Waals surface area contributed by atoms with Crippen LogP contribution in [0.4, 0.5) is 13.2 Å². The smallest absolute Gasteiger partial charge is 0.310 e. The highest BCUT2D eigenvalue weighted by Crippen LogP contribution is 2.30. The summed E-state index contributed by atoms with van der Waals surface area (Å²) in [4.78, 5) is 1.24. The van der Waals surface area contributed by atoms with E-state index in [0.29, 0.717) is 6.42 Å². The van der Waals surface area contributed by atoms with Gasteiger partial charge in [-0.3, -0.25) is 0 Å². The second-order valence-electron chi connectivity index (χ2n) is 4.94. The molecular weight excluding hydrogens is 295 g/mol. The molecule has 1 atom stereocenters. The predicted octanol–water partition coefficient (Wildman–Crippen LogP) is 4.97. The van der Waals surface area contributed by atoms with Gasteiger partial charge in [0.25, 0.3) is 0 Å². The van der Waals surface area contributed by atoms with Crippen LogP contribution < -0.4 is 5.32 Å². The summed E-state index contributed by atoms with van der Waals surface area (Å²) in [7, 11) is 0. The predicted molar refractivity (Wildman–Crippen MR) is 80.6 cm³/mol. The van der Waals surface area contributed by atoms with Crippen molar-refractivity contribution < 1.29 is 13.2 Å². The molecule has 0 aliphatic carbocycles. The van der Waals surface area contributed by atoms with E-state index in [1.54, 1.807) is 23.5 Å². The average molecular weight is 313 g/mol. The molecule has 2 aromatic rings. The first kappa shape index (κ1) is 16.0. The van der Waals surface area contributed by atoms with Gasteiger partial charge in [0.15, 0.2) is 0 Å². The van der Waals surface area contributed by atoms with Crippen molar-refractivity contribution in [2.45, 2.75) is 32.5 Å². The van der Waals surface area contributed by atoms with Crippen molar-refractivity contribution in [3.05, 3.63) is 57.3 Å². The lowest BCUT2D eigenvalue weighted by Gasteiger charge is -2.18. The molecule has 0 saturated heterocycles. The maximum absolute atomic E-state index is 12.6. The number of nitrogens with one attached hydrogen (secondary N) is 1. The number of halogens is 3. The van der Waals surface area contributed by atoms with Crippen LogP contribution in [0.5, 0.6) is 0 Å². The third kappa shape index (κ3) is 4.08. The first-order valence-electron chi connectivity index (χ1n) is 6.85. The minimum absolute atomic E-state index is 0.137. The van der Waals surface area contributed by atoms with Crippen molar-refractivity contribution in [1.29, 1.82) is 0 Å². The molecular formula is C16H18F3NS. The summed E-state index contributed by atoms with van der Waals surface area (Å²) in [6, 6.07) is 7.65. The summed E-state index contributed by atoms with van der Waals surface area (Å²) in [5.74, 6) is 0. The Balaban J connectivity index is 2.16. The van der Waals surface area contributed by atoms with Crippen molar-refractivity contribution in [3.8, 4) is 0 Å². The molecule has 1 unspecified atom stereocenters. The van der Waals surface area contributed by atoms with Crippen LogP contribution in [0.2, 0.25) is 0 Å². The molecule has 1 N–H and O–H groups in total. The Morgan fingerprint density at radius 1 is 1.14 bits per heavy atom. The van der Waals surface area contributed by atoms with Gasteiger partial charge in [0.1, 0.15) is 0 Å². The third-order valence-corrected chi connectivity index (χ3v) is 4.31. The number of benzene rings is 1. The first-order chi connectivity index (χ1) is 9.91. The molecule has 1 aromatic carbocycles. The van der Waals surface area contributed by atoms with E-state index in [0.717, 1.165) is 24.2 Å². The summed E-state index contributed by atoms with van der Waals surface area (Å²) < 4.78 is 37.7. The van der Waals surface area contributed by atoms with Crippen molar-refractivity contribution in [2.75, 3.05) is 6.54 Å². The number of hydrogen-bond donors (Lipinski definition) is 1. The molecule has 1 nitrogen and oxygen atoms in total. The number of rotatable bonds is 5. The van der Waals surface area contributed by atoms with Gasteiger partial charge < -0.3 is 5.32 Å². The second-order valence-corrected chi connectivity index (χ2v) is 6.06. The van der Waals surface area contributed by atoms with Crippen LogP contribution in [-0.2, 0) is 12.6 Å². The average Bonchev–Trinajstić information content (AvgIpc) is 2.84. The summed E-state index contributed by atoms with van der Waals surface area (Å²) in [6.45, 7) is 4.92. The molecule has 1 aromatic heterocycles. The van der Waals surface area contributed by atoms with E-state index in [-0.39, 0.29) is 6.04 Å². The molecule has 21 heavy (non-hydrogen) atoms. The largest absolute Gasteiger partial charge is 0.416 e. The number of aryl methyl sites for hydroxylation is 1. The van der Waals surface area contributed by atoms with Gasteiger partial charge in [-0.25, -0.2) is 0 Å². The Morgan fingerprint density at radius 2 is 1.81 bits per heavy atom. The van der Waals surface area contributed by atoms with Crippen LogP contribution in [0.15, 0.2) is 35.7 Å². The molecule has 0 spiro atoms. The van der Waals surface area contributed by atoms with Gasteiger partial charge in [0.2, 0.25) is 0 Å². The Morgan fingerprint density at radius 3 is 2.29 bits per heavy atom. The van der Waals surface area contributed by atoms with Crippen LogP contribution >= 0.6 is 11.3 Å². The van der Waals surface area contributed by atoms with Crippen molar-refractivity contribution in [1.82, 2.24) is 5.32 Å². The monoisotopic (exact) mass is 313 g/mol. The molecule has 2 rings (SSSR count). The number of hydrogen-bond acceptors (Lipinski definition) is 2. The maximum atomic E-state index is 12.6. The quantitative estimate of drug-likeness (QED) is 0.822. The van der Waals surface area contributed by atoms with Gasteiger partial charge in [0, 0.05) is 10.9 Å². The SMILES string of the molecule is CCNC(Cc1ccc(C(F)(F)F)cc1)c1ccsc1C. The molecule has 0 aliphatic rings. The fraction of sp³-hybridized carbons (Fsp3) is 0.375. The minimum Gasteiger partial charge on any atom is -0.310 e. The molecule has 1 heterocycles. The third-order valence-electron chi connectivity index (χ3n) is 3.45. The van der Waals surface area contributed by atoms with Crippen molar-refractivity contribution in [3.63, 3.8) is 0 Å². The Kier molecular flexibility index (Phi) is 5.06. The highest BCUT2D eigenvalue weighted by Gasteiger charge is 2.30. The molecule has 0 fully saturated rings. The Bertz CT molecular complexity index is 572. The number of alkyl halides is 3. The molecule has 5 heteroatoms. The molecule has 0 saturated carbocycles. The Hall–Kier alpha value is -1.33. The zero-order valence-corrected chi connectivity index (χ0v) is 12.8. The molecule has 0 bridgehead atoms. The fourth-order valence-electron chi connectivity index (χ4n) is 2.36. The molecule has 114 valence electrons. The summed E-state index contributed by atoms with van der Waals surface area (Å²) in [5, 5.41) is 5.45. The highest BCUT2D eigenvalue weighted by atomic mass is 32.1. The number of thiophene rings is 1. The van der Waals surface area contributed by atoms with E-state index in [1.807, 2.05) is 12.3 Å². The summed E-state index contributed by atoms with van der Waals surface area (Å²) in [5.41, 5.74) is 1.53. The molecule has 0 amide bonds. The zero-order valence-electron chi connectivity index (χ0n) is 12.0. The standard InChI is InChI=1S/C16H18F3NS/c1-3-20-15(14-8-9-21-11(14)2)10-12-4-6-13(7-5-12)16(17,18)19/h4-9,15,20H,3,10H2,1-2H3. The minimum atomic E-state index is -4.27. The van der Waals surface area contributed by atoms with E-state index in [1.165, 1.54) is 10.4 Å². The van der Waals surface area contributed by atoms with Crippen LogP contribution in [0, 0.1) is 6.92 Å². The zero-order chi connectivity index (χ0) is 15.5.